The van der Waals surface area contributed by atoms with Crippen molar-refractivity contribution in [3.63, 3.8) is 0 Å². The van der Waals surface area contributed by atoms with E-state index < -0.39 is 10.0 Å². The zero-order valence-electron chi connectivity index (χ0n) is 12.7. The van der Waals surface area contributed by atoms with E-state index in [0.717, 1.165) is 18.5 Å². The number of rotatable bonds is 7. The van der Waals surface area contributed by atoms with Crippen molar-refractivity contribution >= 4 is 10.0 Å². The minimum Gasteiger partial charge on any atom is -0.346 e. The van der Waals surface area contributed by atoms with Gasteiger partial charge in [0.05, 0.1) is 4.90 Å². The summed E-state index contributed by atoms with van der Waals surface area (Å²) in [5, 5.41) is 3.34. The van der Waals surface area contributed by atoms with E-state index in [1.807, 2.05) is 4.57 Å². The summed E-state index contributed by atoms with van der Waals surface area (Å²) in [4.78, 5) is 0.374. The van der Waals surface area contributed by atoms with Gasteiger partial charge in [-0.05, 0) is 32.8 Å². The molecule has 1 aliphatic carbocycles. The van der Waals surface area contributed by atoms with Gasteiger partial charge in [0.1, 0.15) is 0 Å². The maximum atomic E-state index is 12.3. The molecule has 0 aliphatic heterocycles. The lowest BCUT2D eigenvalue weighted by Crippen LogP contribution is -2.25. The Labute approximate surface area is 121 Å². The van der Waals surface area contributed by atoms with Crippen molar-refractivity contribution in [2.24, 2.45) is 0 Å². The van der Waals surface area contributed by atoms with Crippen LogP contribution in [0.5, 0.6) is 0 Å². The fraction of sp³-hybridized carbons (Fsp3) is 0.714. The highest BCUT2D eigenvalue weighted by molar-refractivity contribution is 7.89. The summed E-state index contributed by atoms with van der Waals surface area (Å²) >= 11 is 0. The lowest BCUT2D eigenvalue weighted by Gasteiger charge is -2.14. The van der Waals surface area contributed by atoms with Crippen LogP contribution in [-0.2, 0) is 16.6 Å². The van der Waals surface area contributed by atoms with Gasteiger partial charge in [-0.2, -0.15) is 0 Å². The summed E-state index contributed by atoms with van der Waals surface area (Å²) in [6.07, 6.45) is 3.64. The molecule has 20 heavy (non-hydrogen) atoms. The summed E-state index contributed by atoms with van der Waals surface area (Å²) < 4.78 is 29.3. The van der Waals surface area contributed by atoms with Crippen LogP contribution >= 0.6 is 0 Å². The highest BCUT2D eigenvalue weighted by Gasteiger charge is 2.29. The lowest BCUT2D eigenvalue weighted by atomic mass is 10.3. The second-order valence-corrected chi connectivity index (χ2v) is 7.81. The summed E-state index contributed by atoms with van der Waals surface area (Å²) in [6, 6.07) is 2.53. The van der Waals surface area contributed by atoms with Crippen LogP contribution in [0, 0.1) is 0 Å². The van der Waals surface area contributed by atoms with Crippen LogP contribution in [0.25, 0.3) is 0 Å². The molecule has 1 aliphatic rings. The average Bonchev–Trinajstić information content (AvgIpc) is 3.01. The third-order valence-electron chi connectivity index (χ3n) is 3.36. The molecule has 114 valence electrons. The maximum Gasteiger partial charge on any atom is 0.242 e. The third kappa shape index (κ3) is 3.84. The number of hydrogen-bond acceptors (Lipinski definition) is 3. The fourth-order valence-electron chi connectivity index (χ4n) is 2.06. The van der Waals surface area contributed by atoms with Gasteiger partial charge in [-0.15, -0.1) is 0 Å². The molecule has 0 atom stereocenters. The highest BCUT2D eigenvalue weighted by Crippen LogP contribution is 2.24. The number of sulfonamides is 1. The molecule has 0 radical (unpaired) electrons. The van der Waals surface area contributed by atoms with Gasteiger partial charge in [-0.25, -0.2) is 13.1 Å². The second kappa shape index (κ2) is 5.87. The Bertz CT molecular complexity index is 557. The van der Waals surface area contributed by atoms with Gasteiger partial charge in [0, 0.05) is 36.6 Å². The van der Waals surface area contributed by atoms with Gasteiger partial charge in [0.2, 0.25) is 10.0 Å². The molecule has 0 bridgehead atoms. The second-order valence-electron chi connectivity index (χ2n) is 6.10. The quantitative estimate of drug-likeness (QED) is 0.809. The molecule has 0 amide bonds. The molecule has 0 aromatic carbocycles. The van der Waals surface area contributed by atoms with Crippen molar-refractivity contribution < 1.29 is 8.42 Å². The van der Waals surface area contributed by atoms with Crippen LogP contribution < -0.4 is 10.0 Å². The van der Waals surface area contributed by atoms with Crippen LogP contribution in [0.4, 0.5) is 0 Å². The Balaban J connectivity index is 2.23. The standard InChI is InChI=1S/C14H25N3O2S/c1-10(2)15-8-13-7-14(9-17(13)11(3)4)20(18,19)16-12-5-6-12/h7,9-12,15-16H,5-6,8H2,1-4H3. The molecular formula is C14H25N3O2S. The van der Waals surface area contributed by atoms with Crippen molar-refractivity contribution in [2.45, 2.75) is 70.1 Å². The van der Waals surface area contributed by atoms with Crippen molar-refractivity contribution in [3.05, 3.63) is 18.0 Å². The van der Waals surface area contributed by atoms with E-state index in [2.05, 4.69) is 37.7 Å². The van der Waals surface area contributed by atoms with Gasteiger partial charge in [0.15, 0.2) is 0 Å². The van der Waals surface area contributed by atoms with Crippen LogP contribution in [-0.4, -0.2) is 25.1 Å². The molecule has 0 saturated heterocycles. The number of hydrogen-bond donors (Lipinski definition) is 2. The van der Waals surface area contributed by atoms with E-state index in [1.54, 1.807) is 12.3 Å². The zero-order chi connectivity index (χ0) is 14.9. The summed E-state index contributed by atoms with van der Waals surface area (Å²) in [5.41, 5.74) is 1.00. The minimum absolute atomic E-state index is 0.139. The molecule has 0 unspecified atom stereocenters. The van der Waals surface area contributed by atoms with Crippen molar-refractivity contribution in [1.29, 1.82) is 0 Å². The van der Waals surface area contributed by atoms with Crippen molar-refractivity contribution in [3.8, 4) is 0 Å². The van der Waals surface area contributed by atoms with Gasteiger partial charge >= 0.3 is 0 Å². The monoisotopic (exact) mass is 299 g/mol. The first-order chi connectivity index (χ1) is 9.29. The van der Waals surface area contributed by atoms with Gasteiger partial charge in [0.25, 0.3) is 0 Å². The first-order valence-electron chi connectivity index (χ1n) is 7.26. The summed E-state index contributed by atoms with van der Waals surface area (Å²) in [5.74, 6) is 0. The average molecular weight is 299 g/mol. The molecular weight excluding hydrogens is 274 g/mol. The van der Waals surface area contributed by atoms with Crippen molar-refractivity contribution in [1.82, 2.24) is 14.6 Å². The van der Waals surface area contributed by atoms with Gasteiger partial charge in [-0.1, -0.05) is 13.8 Å². The van der Waals surface area contributed by atoms with Gasteiger partial charge in [-0.3, -0.25) is 0 Å². The smallest absolute Gasteiger partial charge is 0.242 e. The van der Waals surface area contributed by atoms with E-state index in [4.69, 9.17) is 0 Å². The predicted molar refractivity (Wildman–Crippen MR) is 80.1 cm³/mol. The Hall–Kier alpha value is -0.850. The Morgan fingerprint density at radius 3 is 2.45 bits per heavy atom. The Morgan fingerprint density at radius 1 is 1.30 bits per heavy atom. The highest BCUT2D eigenvalue weighted by atomic mass is 32.2. The molecule has 1 aromatic heterocycles. The fourth-order valence-corrected chi connectivity index (χ4v) is 3.42. The number of nitrogens with zero attached hydrogens (tertiary/aromatic N) is 1. The van der Waals surface area contributed by atoms with Crippen LogP contribution in [0.1, 0.15) is 52.3 Å². The van der Waals surface area contributed by atoms with E-state index >= 15 is 0 Å². The van der Waals surface area contributed by atoms with Crippen LogP contribution in [0.15, 0.2) is 17.2 Å². The lowest BCUT2D eigenvalue weighted by molar-refractivity contribution is 0.525. The Kier molecular flexibility index (Phi) is 4.56. The largest absolute Gasteiger partial charge is 0.346 e. The Morgan fingerprint density at radius 2 is 1.95 bits per heavy atom. The predicted octanol–water partition coefficient (Wildman–Crippen LogP) is 2.01. The molecule has 1 heterocycles. The number of nitrogens with one attached hydrogen (secondary N) is 2. The van der Waals surface area contributed by atoms with Crippen molar-refractivity contribution in [2.75, 3.05) is 0 Å². The molecule has 2 rings (SSSR count). The molecule has 0 spiro atoms. The minimum atomic E-state index is -3.37. The first-order valence-corrected chi connectivity index (χ1v) is 8.74. The third-order valence-corrected chi connectivity index (χ3v) is 4.85. The van der Waals surface area contributed by atoms with E-state index in [0.29, 0.717) is 17.5 Å². The molecule has 1 aromatic rings. The molecule has 2 N–H and O–H groups in total. The van der Waals surface area contributed by atoms with E-state index in [-0.39, 0.29) is 12.1 Å². The summed E-state index contributed by atoms with van der Waals surface area (Å²) in [7, 11) is -3.37. The molecule has 6 heteroatoms. The first kappa shape index (κ1) is 15.5. The van der Waals surface area contributed by atoms with Crippen LogP contribution in [0.2, 0.25) is 0 Å². The SMILES string of the molecule is CC(C)NCc1cc(S(=O)(=O)NC2CC2)cn1C(C)C. The topological polar surface area (TPSA) is 63.1 Å². The molecule has 1 fully saturated rings. The molecule has 1 saturated carbocycles. The maximum absolute atomic E-state index is 12.3. The number of aromatic nitrogens is 1. The van der Waals surface area contributed by atoms with E-state index in [1.165, 1.54) is 0 Å². The van der Waals surface area contributed by atoms with Gasteiger partial charge < -0.3 is 9.88 Å². The molecule has 5 nitrogen and oxygen atoms in total. The summed E-state index contributed by atoms with van der Waals surface area (Å²) in [6.45, 7) is 8.95. The normalized spacial score (nSPS) is 16.3. The zero-order valence-corrected chi connectivity index (χ0v) is 13.5. The van der Waals surface area contributed by atoms with Crippen LogP contribution in [0.3, 0.4) is 0 Å². The van der Waals surface area contributed by atoms with E-state index in [9.17, 15) is 8.42 Å².